The van der Waals surface area contributed by atoms with E-state index in [2.05, 4.69) is 21.3 Å². The van der Waals surface area contributed by atoms with Gasteiger partial charge in [0.15, 0.2) is 0 Å². The second-order valence-electron chi connectivity index (χ2n) is 15.2. The smallest absolute Gasteiger partial charge is 0.245 e. The number of ether oxygens (including phenoxy) is 2. The summed E-state index contributed by atoms with van der Waals surface area (Å²) in [6.07, 6.45) is 1.21. The quantitative estimate of drug-likeness (QED) is 0.150. The third-order valence-corrected chi connectivity index (χ3v) is 10.9. The molecule has 1 aromatic carbocycles. The Kier molecular flexibility index (Phi) is 18.9. The van der Waals surface area contributed by atoms with Crippen molar-refractivity contribution < 1.29 is 33.4 Å². The van der Waals surface area contributed by atoms with E-state index < -0.39 is 42.3 Å². The van der Waals surface area contributed by atoms with E-state index in [9.17, 15) is 24.0 Å². The summed E-state index contributed by atoms with van der Waals surface area (Å²) in [6, 6.07) is 6.66. The third kappa shape index (κ3) is 12.2. The van der Waals surface area contributed by atoms with Gasteiger partial charge in [-0.15, -0.1) is 0 Å². The molecule has 13 heteroatoms. The Hall–Kier alpha value is -3.55. The number of likely N-dealkylation sites (tertiary alicyclic amines) is 1. The summed E-state index contributed by atoms with van der Waals surface area (Å²) in [5.74, 6) is -2.12. The highest BCUT2D eigenvalue weighted by Crippen LogP contribution is 2.30. The maximum atomic E-state index is 14.2. The average molecular weight is 745 g/mol. The number of nitrogens with one attached hydrogen (secondary N) is 4. The molecule has 1 fully saturated rings. The van der Waals surface area contributed by atoms with E-state index in [4.69, 9.17) is 9.47 Å². The molecule has 0 bridgehead atoms. The summed E-state index contributed by atoms with van der Waals surface area (Å²) in [5, 5.41) is 11.6. The Morgan fingerprint density at radius 1 is 0.868 bits per heavy atom. The highest BCUT2D eigenvalue weighted by atomic mass is 16.5. The molecule has 53 heavy (non-hydrogen) atoms. The van der Waals surface area contributed by atoms with Crippen LogP contribution in [0.1, 0.15) is 79.7 Å². The van der Waals surface area contributed by atoms with Crippen molar-refractivity contribution in [2.75, 3.05) is 41.9 Å². The Bertz CT molecular complexity index is 1330. The van der Waals surface area contributed by atoms with E-state index in [1.807, 2.05) is 71.9 Å². The van der Waals surface area contributed by atoms with Crippen molar-refractivity contribution in [1.29, 1.82) is 0 Å². The molecular weight excluding hydrogens is 676 g/mol. The minimum Gasteiger partial charge on any atom is -0.379 e. The molecule has 0 aliphatic carbocycles. The molecular formula is C40H68N6O7. The van der Waals surface area contributed by atoms with E-state index in [0.717, 1.165) is 18.4 Å². The van der Waals surface area contributed by atoms with Crippen LogP contribution in [0.4, 0.5) is 0 Å². The Balaban J connectivity index is 2.27. The Labute approximate surface area is 318 Å². The summed E-state index contributed by atoms with van der Waals surface area (Å²) in [7, 11) is 8.08. The van der Waals surface area contributed by atoms with Crippen LogP contribution in [-0.2, 0) is 39.9 Å². The van der Waals surface area contributed by atoms with Gasteiger partial charge in [-0.25, -0.2) is 0 Å². The first kappa shape index (κ1) is 45.6. The normalized spacial score (nSPS) is 19.1. The molecule has 9 atom stereocenters. The van der Waals surface area contributed by atoms with Gasteiger partial charge in [-0.2, -0.15) is 0 Å². The van der Waals surface area contributed by atoms with E-state index in [-0.39, 0.29) is 59.8 Å². The van der Waals surface area contributed by atoms with Crippen molar-refractivity contribution in [2.24, 2.45) is 23.7 Å². The van der Waals surface area contributed by atoms with Gasteiger partial charge in [-0.3, -0.25) is 24.0 Å². The van der Waals surface area contributed by atoms with Crippen molar-refractivity contribution >= 4 is 29.5 Å². The molecule has 300 valence electrons. The molecule has 1 heterocycles. The van der Waals surface area contributed by atoms with E-state index >= 15 is 0 Å². The van der Waals surface area contributed by atoms with Gasteiger partial charge < -0.3 is 40.5 Å². The fourth-order valence-corrected chi connectivity index (χ4v) is 7.59. The van der Waals surface area contributed by atoms with Gasteiger partial charge in [-0.1, -0.05) is 85.2 Å². The van der Waals surface area contributed by atoms with Crippen LogP contribution in [0.15, 0.2) is 30.3 Å². The zero-order chi connectivity index (χ0) is 40.0. The van der Waals surface area contributed by atoms with Crippen LogP contribution < -0.4 is 21.3 Å². The fraction of sp³-hybridized carbons (Fsp3) is 0.725. The Morgan fingerprint density at radius 2 is 1.49 bits per heavy atom. The van der Waals surface area contributed by atoms with Gasteiger partial charge in [0.1, 0.15) is 12.1 Å². The number of hydrogen-bond acceptors (Lipinski definition) is 8. The molecule has 4 N–H and O–H groups in total. The average Bonchev–Trinajstić information content (AvgIpc) is 3.62. The lowest BCUT2D eigenvalue weighted by atomic mass is 9.89. The lowest BCUT2D eigenvalue weighted by Gasteiger charge is -2.41. The summed E-state index contributed by atoms with van der Waals surface area (Å²) >= 11 is 0. The number of rotatable bonds is 21. The van der Waals surface area contributed by atoms with Gasteiger partial charge in [0.25, 0.3) is 0 Å². The largest absolute Gasteiger partial charge is 0.379 e. The van der Waals surface area contributed by atoms with Crippen LogP contribution >= 0.6 is 0 Å². The minimum absolute atomic E-state index is 0.0142. The van der Waals surface area contributed by atoms with Crippen LogP contribution in [0.25, 0.3) is 0 Å². The van der Waals surface area contributed by atoms with Gasteiger partial charge in [0.2, 0.25) is 29.5 Å². The molecule has 13 nitrogen and oxygen atoms in total. The second kappa shape index (κ2) is 22.0. The lowest BCUT2D eigenvalue weighted by molar-refractivity contribution is -0.148. The molecule has 0 radical (unpaired) electrons. The highest BCUT2D eigenvalue weighted by molar-refractivity contribution is 5.90. The number of carbonyl (C=O) groups is 5. The summed E-state index contributed by atoms with van der Waals surface area (Å²) in [5.41, 5.74) is 0.915. The molecule has 1 aliphatic rings. The van der Waals surface area contributed by atoms with Crippen molar-refractivity contribution in [3.8, 4) is 0 Å². The second-order valence-corrected chi connectivity index (χ2v) is 15.2. The fourth-order valence-electron chi connectivity index (χ4n) is 7.59. The van der Waals surface area contributed by atoms with Crippen LogP contribution in [0.3, 0.4) is 0 Å². The van der Waals surface area contributed by atoms with Crippen LogP contribution in [0.5, 0.6) is 0 Å². The SMILES string of the molecule is CCC(C)C(C(CC(=O)N1CCCC1C(OC)C(C)C(=O)NC(Cc1ccccc1)C(=O)NC)OC)N(C)C(=O)C(NC(=O)C(NC)C(C)C)C(C)C. The van der Waals surface area contributed by atoms with Crippen molar-refractivity contribution in [3.63, 3.8) is 0 Å². The first-order valence-electron chi connectivity index (χ1n) is 19.2. The van der Waals surface area contributed by atoms with Crippen LogP contribution in [0.2, 0.25) is 0 Å². The van der Waals surface area contributed by atoms with Gasteiger partial charge in [-0.05, 0) is 43.2 Å². The van der Waals surface area contributed by atoms with Gasteiger partial charge >= 0.3 is 0 Å². The lowest BCUT2D eigenvalue weighted by Crippen LogP contribution is -2.59. The van der Waals surface area contributed by atoms with Gasteiger partial charge in [0.05, 0.1) is 42.7 Å². The number of likely N-dealkylation sites (N-methyl/N-ethyl adjacent to an activating group) is 3. The molecule has 0 saturated carbocycles. The first-order valence-corrected chi connectivity index (χ1v) is 19.2. The molecule has 1 aliphatic heterocycles. The molecule has 9 unspecified atom stereocenters. The zero-order valence-corrected chi connectivity index (χ0v) is 34.2. The Morgan fingerprint density at radius 3 is 2.00 bits per heavy atom. The number of methoxy groups -OCH3 is 2. The van der Waals surface area contributed by atoms with Crippen LogP contribution in [0, 0.1) is 23.7 Å². The molecule has 0 spiro atoms. The maximum Gasteiger partial charge on any atom is 0.245 e. The minimum atomic E-state index is -0.778. The summed E-state index contributed by atoms with van der Waals surface area (Å²) in [6.45, 7) is 14.0. The topological polar surface area (TPSA) is 158 Å². The summed E-state index contributed by atoms with van der Waals surface area (Å²) in [4.78, 5) is 71.4. The van der Waals surface area contributed by atoms with Crippen molar-refractivity contribution in [1.82, 2.24) is 31.1 Å². The number of benzene rings is 1. The molecule has 1 saturated heterocycles. The molecule has 0 aromatic heterocycles. The third-order valence-electron chi connectivity index (χ3n) is 10.9. The highest BCUT2D eigenvalue weighted by Gasteiger charge is 2.43. The number of carbonyl (C=O) groups excluding carboxylic acids is 5. The predicted molar refractivity (Wildman–Crippen MR) is 207 cm³/mol. The zero-order valence-electron chi connectivity index (χ0n) is 34.2. The van der Waals surface area contributed by atoms with Gasteiger partial charge in [0, 0.05) is 41.3 Å². The monoisotopic (exact) mass is 745 g/mol. The van der Waals surface area contributed by atoms with Crippen molar-refractivity contribution in [2.45, 2.75) is 123 Å². The first-order chi connectivity index (χ1) is 25.1. The van der Waals surface area contributed by atoms with Crippen LogP contribution in [-0.4, -0.2) is 124 Å². The maximum absolute atomic E-state index is 14.2. The molecule has 1 aromatic rings. The van der Waals surface area contributed by atoms with E-state index in [0.29, 0.717) is 19.4 Å². The summed E-state index contributed by atoms with van der Waals surface area (Å²) < 4.78 is 11.9. The number of hydrogen-bond donors (Lipinski definition) is 4. The predicted octanol–water partition coefficient (Wildman–Crippen LogP) is 2.77. The van der Waals surface area contributed by atoms with Crippen molar-refractivity contribution in [3.05, 3.63) is 35.9 Å². The standard InChI is InChI=1S/C40H68N6O7/c1-13-26(6)35(45(10)40(51)34(25(4)5)44-39(50)33(41-8)24(2)3)31(52-11)23-32(47)46-21-17-20-30(46)36(53-12)27(7)37(48)43-29(38(49)42-9)22-28-18-15-14-16-19-28/h14-16,18-19,24-27,29-31,33-36,41H,13,17,20-23H2,1-12H3,(H,42,49)(H,43,48)(H,44,50). The molecule has 2 rings (SSSR count). The number of amides is 5. The number of nitrogens with zero attached hydrogens (tertiary/aromatic N) is 2. The van der Waals surface area contributed by atoms with E-state index in [1.54, 1.807) is 37.9 Å². The van der Waals surface area contributed by atoms with E-state index in [1.165, 1.54) is 14.2 Å². The molecule has 5 amide bonds.